The van der Waals surface area contributed by atoms with E-state index in [0.29, 0.717) is 13.0 Å². The Balaban J connectivity index is 2.35. The van der Waals surface area contributed by atoms with Gasteiger partial charge in [-0.1, -0.05) is 6.92 Å². The second-order valence-corrected chi connectivity index (χ2v) is 6.07. The Morgan fingerprint density at radius 2 is 1.95 bits per heavy atom. The van der Waals surface area contributed by atoms with Crippen LogP contribution in [0.3, 0.4) is 0 Å². The van der Waals surface area contributed by atoms with Gasteiger partial charge in [0.05, 0.1) is 12.2 Å². The lowest BCUT2D eigenvalue weighted by Crippen LogP contribution is -2.72. The molecule has 6 nitrogen and oxygen atoms in total. The van der Waals surface area contributed by atoms with Gasteiger partial charge in [-0.15, -0.1) is 0 Å². The van der Waals surface area contributed by atoms with Gasteiger partial charge in [-0.05, 0) is 33.3 Å². The molecular formula is C14H22N4O2. The highest BCUT2D eigenvalue weighted by Crippen LogP contribution is 2.29. The van der Waals surface area contributed by atoms with Gasteiger partial charge in [-0.3, -0.25) is 14.3 Å². The molecule has 1 N–H and O–H groups in total. The number of carbonyl (C=O) groups excluding carboxylic acids is 2. The average Bonchev–Trinajstić information content (AvgIpc) is 2.78. The maximum absolute atomic E-state index is 12.7. The van der Waals surface area contributed by atoms with E-state index < -0.39 is 11.1 Å². The normalized spacial score (nSPS) is 25.8. The minimum atomic E-state index is -0.872. The number of amides is 2. The standard InChI is InChI=1S/C14H22N4O2/c1-6-14(4)12(20)18(13(2,3)11(19)15-14)9-10-7-8-17(5)16-10/h7-8H,6,9H2,1-5H3,(H,15,19). The van der Waals surface area contributed by atoms with Crippen LogP contribution in [0.2, 0.25) is 0 Å². The largest absolute Gasteiger partial charge is 0.340 e. The van der Waals surface area contributed by atoms with Crippen molar-refractivity contribution in [3.8, 4) is 0 Å². The second kappa shape index (κ2) is 4.61. The van der Waals surface area contributed by atoms with Crippen LogP contribution in [0.5, 0.6) is 0 Å². The number of rotatable bonds is 3. The Kier molecular flexibility index (Phi) is 3.36. The van der Waals surface area contributed by atoms with E-state index in [4.69, 9.17) is 0 Å². The number of carbonyl (C=O) groups is 2. The fourth-order valence-electron chi connectivity index (χ4n) is 2.35. The van der Waals surface area contributed by atoms with Gasteiger partial charge in [0.1, 0.15) is 11.1 Å². The summed E-state index contributed by atoms with van der Waals surface area (Å²) >= 11 is 0. The highest BCUT2D eigenvalue weighted by atomic mass is 16.2. The number of piperazine rings is 1. The van der Waals surface area contributed by atoms with Crippen molar-refractivity contribution in [2.24, 2.45) is 7.05 Å². The predicted octanol–water partition coefficient (Wildman–Crippen LogP) is 0.826. The average molecular weight is 278 g/mol. The molecule has 1 aliphatic heterocycles. The third kappa shape index (κ3) is 2.19. The second-order valence-electron chi connectivity index (χ2n) is 6.07. The zero-order valence-electron chi connectivity index (χ0n) is 12.7. The van der Waals surface area contributed by atoms with Crippen LogP contribution in [-0.2, 0) is 23.2 Å². The Hall–Kier alpha value is -1.85. The van der Waals surface area contributed by atoms with Crippen LogP contribution in [0.25, 0.3) is 0 Å². The first-order valence-corrected chi connectivity index (χ1v) is 6.84. The molecule has 2 rings (SSSR count). The molecule has 0 spiro atoms. The molecule has 1 unspecified atom stereocenters. The van der Waals surface area contributed by atoms with E-state index in [2.05, 4.69) is 10.4 Å². The first-order valence-electron chi connectivity index (χ1n) is 6.84. The zero-order valence-corrected chi connectivity index (χ0v) is 12.7. The highest BCUT2D eigenvalue weighted by molar-refractivity contribution is 6.01. The topological polar surface area (TPSA) is 67.2 Å². The van der Waals surface area contributed by atoms with E-state index in [9.17, 15) is 9.59 Å². The summed E-state index contributed by atoms with van der Waals surface area (Å²) in [4.78, 5) is 26.7. The zero-order chi connectivity index (χ0) is 15.1. The van der Waals surface area contributed by atoms with E-state index in [1.165, 1.54) is 0 Å². The van der Waals surface area contributed by atoms with Gasteiger partial charge in [0, 0.05) is 13.2 Å². The van der Waals surface area contributed by atoms with Gasteiger partial charge in [0.25, 0.3) is 0 Å². The molecule has 1 aliphatic rings. The minimum Gasteiger partial charge on any atom is -0.340 e. The van der Waals surface area contributed by atoms with Crippen molar-refractivity contribution >= 4 is 11.8 Å². The predicted molar refractivity (Wildman–Crippen MR) is 74.7 cm³/mol. The molecular weight excluding hydrogens is 256 g/mol. The lowest BCUT2D eigenvalue weighted by molar-refractivity contribution is -0.161. The van der Waals surface area contributed by atoms with E-state index in [0.717, 1.165) is 5.69 Å². The molecule has 1 fully saturated rings. The van der Waals surface area contributed by atoms with Crippen LogP contribution in [0, 0.1) is 0 Å². The summed E-state index contributed by atoms with van der Waals surface area (Å²) in [5.41, 5.74) is -0.924. The fraction of sp³-hybridized carbons (Fsp3) is 0.643. The van der Waals surface area contributed by atoms with Gasteiger partial charge in [-0.2, -0.15) is 5.10 Å². The van der Waals surface area contributed by atoms with Crippen molar-refractivity contribution in [3.63, 3.8) is 0 Å². The third-order valence-corrected chi connectivity index (χ3v) is 4.13. The molecule has 6 heteroatoms. The van der Waals surface area contributed by atoms with Gasteiger partial charge in [0.2, 0.25) is 11.8 Å². The number of hydrogen-bond acceptors (Lipinski definition) is 3. The summed E-state index contributed by atoms with van der Waals surface area (Å²) in [5, 5.41) is 7.14. The van der Waals surface area contributed by atoms with E-state index in [1.54, 1.807) is 30.4 Å². The maximum Gasteiger partial charge on any atom is 0.249 e. The Morgan fingerprint density at radius 1 is 1.30 bits per heavy atom. The fourth-order valence-corrected chi connectivity index (χ4v) is 2.35. The molecule has 0 aliphatic carbocycles. The van der Waals surface area contributed by atoms with Crippen molar-refractivity contribution in [2.75, 3.05) is 0 Å². The maximum atomic E-state index is 12.7. The monoisotopic (exact) mass is 278 g/mol. The molecule has 1 atom stereocenters. The lowest BCUT2D eigenvalue weighted by Gasteiger charge is -2.48. The van der Waals surface area contributed by atoms with Crippen LogP contribution in [0.15, 0.2) is 12.3 Å². The molecule has 0 bridgehead atoms. The van der Waals surface area contributed by atoms with Crippen LogP contribution >= 0.6 is 0 Å². The van der Waals surface area contributed by atoms with Crippen LogP contribution in [0.4, 0.5) is 0 Å². The van der Waals surface area contributed by atoms with Gasteiger partial charge >= 0.3 is 0 Å². The van der Waals surface area contributed by atoms with E-state index >= 15 is 0 Å². The molecule has 0 radical (unpaired) electrons. The Bertz CT molecular complexity index is 549. The molecule has 2 amide bonds. The molecule has 0 saturated carbocycles. The first-order chi connectivity index (χ1) is 9.20. The molecule has 110 valence electrons. The van der Waals surface area contributed by atoms with E-state index in [-0.39, 0.29) is 11.8 Å². The molecule has 0 aromatic carbocycles. The van der Waals surface area contributed by atoms with Crippen LogP contribution in [0.1, 0.15) is 39.8 Å². The Labute approximate surface area is 119 Å². The molecule has 1 saturated heterocycles. The van der Waals surface area contributed by atoms with Crippen LogP contribution in [-0.4, -0.2) is 37.6 Å². The summed E-state index contributed by atoms with van der Waals surface area (Å²) in [7, 11) is 1.83. The van der Waals surface area contributed by atoms with Crippen LogP contribution < -0.4 is 5.32 Å². The SMILES string of the molecule is CCC1(C)NC(=O)C(C)(C)N(Cc2ccn(C)n2)C1=O. The molecule has 1 aromatic heterocycles. The lowest BCUT2D eigenvalue weighted by atomic mass is 9.86. The van der Waals surface area contributed by atoms with Crippen molar-refractivity contribution in [1.29, 1.82) is 0 Å². The van der Waals surface area contributed by atoms with Crippen molar-refractivity contribution in [1.82, 2.24) is 20.0 Å². The van der Waals surface area contributed by atoms with Gasteiger partial charge < -0.3 is 10.2 Å². The van der Waals surface area contributed by atoms with Gasteiger partial charge in [-0.25, -0.2) is 0 Å². The number of aromatic nitrogens is 2. The first kappa shape index (κ1) is 14.6. The molecule has 20 heavy (non-hydrogen) atoms. The minimum absolute atomic E-state index is 0.0600. The Morgan fingerprint density at radius 3 is 2.45 bits per heavy atom. The van der Waals surface area contributed by atoms with E-state index in [1.807, 2.05) is 26.2 Å². The van der Waals surface area contributed by atoms with Crippen molar-refractivity contribution in [3.05, 3.63) is 18.0 Å². The summed E-state index contributed by atoms with van der Waals surface area (Å²) < 4.78 is 1.69. The number of nitrogens with one attached hydrogen (secondary N) is 1. The van der Waals surface area contributed by atoms with Crippen molar-refractivity contribution < 1.29 is 9.59 Å². The smallest absolute Gasteiger partial charge is 0.249 e. The number of nitrogens with zero attached hydrogens (tertiary/aromatic N) is 3. The highest BCUT2D eigenvalue weighted by Gasteiger charge is 2.51. The molecule has 1 aromatic rings. The summed E-state index contributed by atoms with van der Waals surface area (Å²) in [6.07, 6.45) is 2.39. The number of aryl methyl sites for hydroxylation is 1. The van der Waals surface area contributed by atoms with Gasteiger partial charge in [0.15, 0.2) is 0 Å². The third-order valence-electron chi connectivity index (χ3n) is 4.13. The van der Waals surface area contributed by atoms with Crippen molar-refractivity contribution in [2.45, 2.75) is 51.7 Å². The summed E-state index contributed by atoms with van der Waals surface area (Å²) in [6, 6.07) is 1.86. The quantitative estimate of drug-likeness (QED) is 0.890. The number of hydrogen-bond donors (Lipinski definition) is 1. The molecule has 2 heterocycles. The summed E-state index contributed by atoms with van der Waals surface area (Å²) in [6.45, 7) is 7.54. The summed E-state index contributed by atoms with van der Waals surface area (Å²) in [5.74, 6) is -0.187.